The molecule has 5 aromatic rings. The van der Waals surface area contributed by atoms with Crippen molar-refractivity contribution in [1.82, 2.24) is 14.5 Å². The number of thiazole rings is 1. The summed E-state index contributed by atoms with van der Waals surface area (Å²) in [4.78, 5) is 41.5. The van der Waals surface area contributed by atoms with Gasteiger partial charge in [0.05, 0.1) is 28.5 Å². The van der Waals surface area contributed by atoms with Crippen LogP contribution in [0.5, 0.6) is 0 Å². The Labute approximate surface area is 256 Å². The molecule has 3 aromatic heterocycles. The average Bonchev–Trinajstić information content (AvgIpc) is 3.60. The van der Waals surface area contributed by atoms with E-state index in [1.165, 1.54) is 23.1 Å². The zero-order chi connectivity index (χ0) is 29.9. The van der Waals surface area contributed by atoms with Crippen LogP contribution in [-0.4, -0.2) is 27.1 Å². The van der Waals surface area contributed by atoms with E-state index < -0.39 is 12.0 Å². The second-order valence-corrected chi connectivity index (χ2v) is 12.0. The van der Waals surface area contributed by atoms with E-state index in [9.17, 15) is 9.59 Å². The highest BCUT2D eigenvalue weighted by Gasteiger charge is 2.35. The molecule has 1 aliphatic rings. The summed E-state index contributed by atoms with van der Waals surface area (Å²) in [6.07, 6.45) is 5.04. The highest BCUT2D eigenvalue weighted by atomic mass is 32.2. The fourth-order valence-electron chi connectivity index (χ4n) is 4.84. The molecule has 2 aromatic carbocycles. The third-order valence-electron chi connectivity index (χ3n) is 6.90. The molecule has 0 unspecified atom stereocenters. The molecule has 6 rings (SSSR count). The molecule has 0 fully saturated rings. The van der Waals surface area contributed by atoms with Gasteiger partial charge in [0.25, 0.3) is 5.56 Å². The Morgan fingerprint density at radius 3 is 2.49 bits per heavy atom. The topological polar surface area (TPSA) is 99.6 Å². The lowest BCUT2D eigenvalue weighted by Crippen LogP contribution is -2.40. The largest absolute Gasteiger partial charge is 0.463 e. The summed E-state index contributed by atoms with van der Waals surface area (Å²) in [6.45, 7) is 6.21. The number of ether oxygens (including phenoxy) is 1. The number of benzene rings is 2. The molecule has 0 saturated carbocycles. The number of hydrogen-bond acceptors (Lipinski definition) is 9. The molecule has 8 nitrogen and oxygen atoms in total. The van der Waals surface area contributed by atoms with Crippen molar-refractivity contribution in [1.29, 1.82) is 0 Å². The quantitative estimate of drug-likeness (QED) is 0.167. The zero-order valence-corrected chi connectivity index (χ0v) is 25.4. The van der Waals surface area contributed by atoms with E-state index >= 15 is 0 Å². The molecule has 4 heterocycles. The summed E-state index contributed by atoms with van der Waals surface area (Å²) < 4.78 is 13.6. The first kappa shape index (κ1) is 28.6. The molecule has 216 valence electrons. The van der Waals surface area contributed by atoms with Gasteiger partial charge in [-0.05, 0) is 53.9 Å². The van der Waals surface area contributed by atoms with Crippen LogP contribution in [0.3, 0.4) is 0 Å². The Morgan fingerprint density at radius 1 is 1.05 bits per heavy atom. The first-order valence-corrected chi connectivity index (χ1v) is 15.5. The third kappa shape index (κ3) is 5.89. The van der Waals surface area contributed by atoms with Gasteiger partial charge in [-0.3, -0.25) is 9.36 Å². The van der Waals surface area contributed by atoms with Crippen LogP contribution in [0.1, 0.15) is 55.2 Å². The molecular weight excluding hydrogens is 581 g/mol. The predicted molar refractivity (Wildman–Crippen MR) is 166 cm³/mol. The van der Waals surface area contributed by atoms with Crippen LogP contribution in [0.15, 0.2) is 115 Å². The molecule has 0 N–H and O–H groups in total. The predicted octanol–water partition coefficient (Wildman–Crippen LogP) is 5.59. The third-order valence-corrected chi connectivity index (χ3v) is 8.70. The first-order chi connectivity index (χ1) is 20.9. The van der Waals surface area contributed by atoms with Gasteiger partial charge in [-0.25, -0.2) is 19.8 Å². The number of carbonyl (C=O) groups excluding carboxylic acids is 1. The van der Waals surface area contributed by atoms with Crippen molar-refractivity contribution >= 4 is 40.8 Å². The highest BCUT2D eigenvalue weighted by molar-refractivity contribution is 7.99. The lowest BCUT2D eigenvalue weighted by Gasteiger charge is -2.26. The second kappa shape index (κ2) is 12.4. The van der Waals surface area contributed by atoms with Gasteiger partial charge in [-0.15, -0.1) is 0 Å². The van der Waals surface area contributed by atoms with Crippen LogP contribution in [0, 0.1) is 0 Å². The molecular formula is C33H28N4O4S2. The van der Waals surface area contributed by atoms with E-state index in [2.05, 4.69) is 23.8 Å². The Kier molecular flexibility index (Phi) is 8.22. The maximum Gasteiger partial charge on any atom is 0.338 e. The van der Waals surface area contributed by atoms with Crippen molar-refractivity contribution in [3.8, 4) is 0 Å². The number of fused-ring (bicyclic) bond motifs is 1. The van der Waals surface area contributed by atoms with Crippen molar-refractivity contribution < 1.29 is 13.9 Å². The van der Waals surface area contributed by atoms with E-state index in [-0.39, 0.29) is 12.2 Å². The Morgan fingerprint density at radius 2 is 1.79 bits per heavy atom. The highest BCUT2D eigenvalue weighted by Crippen LogP contribution is 2.35. The number of furan rings is 1. The summed E-state index contributed by atoms with van der Waals surface area (Å²) in [5.41, 5.74) is 3.26. The molecule has 43 heavy (non-hydrogen) atoms. The second-order valence-electron chi connectivity index (χ2n) is 10.0. The molecule has 0 amide bonds. The van der Waals surface area contributed by atoms with Gasteiger partial charge in [0.2, 0.25) is 0 Å². The number of aromatic nitrogens is 3. The minimum absolute atomic E-state index is 0.195. The van der Waals surface area contributed by atoms with Crippen molar-refractivity contribution in [3.05, 3.63) is 133 Å². The molecule has 1 atom stereocenters. The van der Waals surface area contributed by atoms with Gasteiger partial charge in [0.15, 0.2) is 15.1 Å². The molecule has 0 bridgehead atoms. The molecule has 0 spiro atoms. The number of nitrogens with zero attached hydrogens (tertiary/aromatic N) is 4. The molecule has 1 aliphatic heterocycles. The minimum Gasteiger partial charge on any atom is -0.463 e. The van der Waals surface area contributed by atoms with Gasteiger partial charge in [0, 0.05) is 24.0 Å². The monoisotopic (exact) mass is 608 g/mol. The zero-order valence-electron chi connectivity index (χ0n) is 23.8. The van der Waals surface area contributed by atoms with Crippen LogP contribution in [-0.2, 0) is 9.53 Å². The average molecular weight is 609 g/mol. The lowest BCUT2D eigenvalue weighted by molar-refractivity contribution is -0.138. The molecule has 0 saturated heterocycles. The van der Waals surface area contributed by atoms with Gasteiger partial charge >= 0.3 is 5.97 Å². The number of rotatable bonds is 8. The maximum atomic E-state index is 14.1. The molecule has 10 heteroatoms. The van der Waals surface area contributed by atoms with Gasteiger partial charge < -0.3 is 9.15 Å². The van der Waals surface area contributed by atoms with Gasteiger partial charge in [-0.1, -0.05) is 79.8 Å². The summed E-state index contributed by atoms with van der Waals surface area (Å²) in [7, 11) is 0. The van der Waals surface area contributed by atoms with Crippen LogP contribution in [0.25, 0.3) is 11.8 Å². The van der Waals surface area contributed by atoms with Crippen molar-refractivity contribution in [2.24, 2.45) is 4.99 Å². The summed E-state index contributed by atoms with van der Waals surface area (Å²) in [5.74, 6) is 0.336. The van der Waals surface area contributed by atoms with Crippen molar-refractivity contribution in [3.63, 3.8) is 0 Å². The lowest BCUT2D eigenvalue weighted by atomic mass is 9.91. The SMILES string of the molecule is CCOC(=O)C1=C(c2ccccc2)N=c2s/c(=C/c3ccc(Sc4ncccn4)o3)c(=O)n2[C@H]1c1ccc(C(C)C)cc1. The van der Waals surface area contributed by atoms with E-state index in [1.54, 1.807) is 42.1 Å². The van der Waals surface area contributed by atoms with Crippen molar-refractivity contribution in [2.45, 2.75) is 43.0 Å². The fourth-order valence-corrected chi connectivity index (χ4v) is 6.51. The molecule has 0 aliphatic carbocycles. The van der Waals surface area contributed by atoms with E-state index in [4.69, 9.17) is 14.1 Å². The molecule has 0 radical (unpaired) electrons. The van der Waals surface area contributed by atoms with Gasteiger partial charge in [-0.2, -0.15) is 0 Å². The number of hydrogen-bond donors (Lipinski definition) is 0. The Balaban J connectivity index is 1.52. The van der Waals surface area contributed by atoms with Crippen LogP contribution < -0.4 is 14.9 Å². The smallest absolute Gasteiger partial charge is 0.338 e. The van der Waals surface area contributed by atoms with E-state index in [0.29, 0.717) is 42.5 Å². The Bertz CT molecular complexity index is 1980. The summed E-state index contributed by atoms with van der Waals surface area (Å²) in [5, 5.41) is 1.16. The number of esters is 1. The standard InChI is InChI=1S/C33H28N4O4S2/c1-4-40-31(39)27-28(22-9-6-5-7-10-22)36-33-37(29(27)23-13-11-21(12-14-23)20(2)3)30(38)25(42-33)19-24-15-16-26(41-24)43-32-34-17-8-18-35-32/h5-20,29H,4H2,1-3H3/b25-19+/t29-/m0/s1. The Hall–Kier alpha value is -4.54. The van der Waals surface area contributed by atoms with Crippen LogP contribution >= 0.6 is 23.1 Å². The van der Waals surface area contributed by atoms with Crippen molar-refractivity contribution in [2.75, 3.05) is 6.61 Å². The van der Waals surface area contributed by atoms with Crippen LogP contribution in [0.4, 0.5) is 0 Å². The maximum absolute atomic E-state index is 14.1. The van der Waals surface area contributed by atoms with Crippen LogP contribution in [0.2, 0.25) is 0 Å². The number of carbonyl (C=O) groups is 1. The first-order valence-electron chi connectivity index (χ1n) is 13.9. The van der Waals surface area contributed by atoms with E-state index in [1.807, 2.05) is 60.7 Å². The normalized spacial score (nSPS) is 15.0. The minimum atomic E-state index is -0.730. The van der Waals surface area contributed by atoms with E-state index in [0.717, 1.165) is 16.7 Å². The fraction of sp³-hybridized carbons (Fsp3) is 0.182. The summed E-state index contributed by atoms with van der Waals surface area (Å²) >= 11 is 2.54. The summed E-state index contributed by atoms with van der Waals surface area (Å²) in [6, 6.07) is 22.2. The van der Waals surface area contributed by atoms with Gasteiger partial charge in [0.1, 0.15) is 5.76 Å².